The van der Waals surface area contributed by atoms with Crippen molar-refractivity contribution in [3.63, 3.8) is 0 Å². The molecule has 2 heterocycles. The minimum absolute atomic E-state index is 0.0924. The summed E-state index contributed by atoms with van der Waals surface area (Å²) in [6.45, 7) is 8.64. The molecule has 2 fully saturated rings. The van der Waals surface area contributed by atoms with Gasteiger partial charge in [0, 0.05) is 38.8 Å². The van der Waals surface area contributed by atoms with Crippen molar-refractivity contribution in [3.05, 3.63) is 28.1 Å². The third kappa shape index (κ3) is 4.68. The number of nitro benzene ring substituents is 1. The van der Waals surface area contributed by atoms with Gasteiger partial charge in [0.15, 0.2) is 11.6 Å². The lowest BCUT2D eigenvalue weighted by atomic mass is 9.95. The number of halogens is 1. The van der Waals surface area contributed by atoms with E-state index >= 15 is 0 Å². The number of anilines is 1. The van der Waals surface area contributed by atoms with Gasteiger partial charge in [-0.25, -0.2) is 4.39 Å². The van der Waals surface area contributed by atoms with E-state index in [1.54, 1.807) is 0 Å². The van der Waals surface area contributed by atoms with Gasteiger partial charge in [-0.2, -0.15) is 0 Å². The molecular weight excluding hydrogens is 353 g/mol. The van der Waals surface area contributed by atoms with E-state index in [0.29, 0.717) is 11.6 Å². The number of morpholine rings is 1. The number of hydrogen-bond donors (Lipinski definition) is 0. The molecule has 2 aliphatic rings. The van der Waals surface area contributed by atoms with E-state index < -0.39 is 10.7 Å². The van der Waals surface area contributed by atoms with Gasteiger partial charge < -0.3 is 14.4 Å². The van der Waals surface area contributed by atoms with Crippen LogP contribution in [0.5, 0.6) is 5.75 Å². The zero-order chi connectivity index (χ0) is 19.6. The van der Waals surface area contributed by atoms with E-state index in [9.17, 15) is 14.5 Å². The van der Waals surface area contributed by atoms with Crippen LogP contribution in [0.25, 0.3) is 0 Å². The first-order valence-electron chi connectivity index (χ1n) is 9.52. The molecule has 0 bridgehead atoms. The van der Waals surface area contributed by atoms with Crippen molar-refractivity contribution in [3.8, 4) is 5.75 Å². The molecule has 2 atom stereocenters. The SMILES string of the molecule is COc1cc(N2CCC(CN3CC(C)OC(C)C3)CC2)c(F)cc1[N+](=O)[O-]. The summed E-state index contributed by atoms with van der Waals surface area (Å²) in [6.07, 6.45) is 2.46. The number of methoxy groups -OCH3 is 1. The Morgan fingerprint density at radius 3 is 2.44 bits per heavy atom. The molecule has 0 radical (unpaired) electrons. The normalized spacial score (nSPS) is 24.8. The standard InChI is InChI=1S/C19H28FN3O4/c1-13-10-21(11-14(2)27-13)12-15-4-6-22(7-5-15)17-9-19(26-3)18(23(24)25)8-16(17)20/h8-9,13-15H,4-7,10-12H2,1-3H3. The number of rotatable bonds is 5. The molecule has 1 aromatic carbocycles. The van der Waals surface area contributed by atoms with Crippen LogP contribution in [0.15, 0.2) is 12.1 Å². The summed E-state index contributed by atoms with van der Waals surface area (Å²) in [5.74, 6) is 0.0911. The van der Waals surface area contributed by atoms with Crippen LogP contribution in [0.3, 0.4) is 0 Å². The van der Waals surface area contributed by atoms with E-state index in [2.05, 4.69) is 18.7 Å². The van der Waals surface area contributed by atoms with E-state index in [1.807, 2.05) is 4.90 Å². The molecule has 0 saturated carbocycles. The van der Waals surface area contributed by atoms with Crippen LogP contribution >= 0.6 is 0 Å². The molecule has 2 saturated heterocycles. The van der Waals surface area contributed by atoms with Gasteiger partial charge in [0.2, 0.25) is 0 Å². The predicted molar refractivity (Wildman–Crippen MR) is 101 cm³/mol. The van der Waals surface area contributed by atoms with E-state index in [4.69, 9.17) is 9.47 Å². The van der Waals surface area contributed by atoms with Gasteiger partial charge in [0.1, 0.15) is 0 Å². The van der Waals surface area contributed by atoms with Gasteiger partial charge in [-0.05, 0) is 32.6 Å². The maximum absolute atomic E-state index is 14.4. The Kier molecular flexibility index (Phi) is 6.16. The number of benzene rings is 1. The Labute approximate surface area is 159 Å². The molecule has 27 heavy (non-hydrogen) atoms. The molecular formula is C19H28FN3O4. The van der Waals surface area contributed by atoms with Crippen LogP contribution in [0.4, 0.5) is 15.8 Å². The molecule has 0 N–H and O–H groups in total. The number of ether oxygens (including phenoxy) is 2. The fourth-order valence-electron chi connectivity index (χ4n) is 4.24. The first-order valence-corrected chi connectivity index (χ1v) is 9.52. The highest BCUT2D eigenvalue weighted by Gasteiger charge is 2.28. The molecule has 1 aromatic rings. The van der Waals surface area contributed by atoms with Crippen LogP contribution in [0.1, 0.15) is 26.7 Å². The number of hydrogen-bond acceptors (Lipinski definition) is 6. The van der Waals surface area contributed by atoms with Gasteiger partial charge in [0.05, 0.1) is 36.0 Å². The fourth-order valence-corrected chi connectivity index (χ4v) is 4.24. The van der Waals surface area contributed by atoms with Crippen LogP contribution in [-0.4, -0.2) is 61.9 Å². The molecule has 7 nitrogen and oxygen atoms in total. The van der Waals surface area contributed by atoms with Gasteiger partial charge in [-0.3, -0.25) is 15.0 Å². The lowest BCUT2D eigenvalue weighted by molar-refractivity contribution is -0.385. The Morgan fingerprint density at radius 1 is 1.26 bits per heavy atom. The lowest BCUT2D eigenvalue weighted by Gasteiger charge is -2.40. The summed E-state index contributed by atoms with van der Waals surface area (Å²) in [4.78, 5) is 14.8. The molecule has 2 unspecified atom stereocenters. The maximum Gasteiger partial charge on any atom is 0.313 e. The average molecular weight is 381 g/mol. The quantitative estimate of drug-likeness (QED) is 0.577. The van der Waals surface area contributed by atoms with Crippen molar-refractivity contribution < 1.29 is 18.8 Å². The van der Waals surface area contributed by atoms with Gasteiger partial charge in [-0.15, -0.1) is 0 Å². The summed E-state index contributed by atoms with van der Waals surface area (Å²) in [6, 6.07) is 2.40. The van der Waals surface area contributed by atoms with Crippen molar-refractivity contribution in [1.82, 2.24) is 4.90 Å². The van der Waals surface area contributed by atoms with Crippen molar-refractivity contribution in [1.29, 1.82) is 0 Å². The van der Waals surface area contributed by atoms with Crippen molar-refractivity contribution in [2.75, 3.05) is 44.7 Å². The third-order valence-corrected chi connectivity index (χ3v) is 5.41. The fraction of sp³-hybridized carbons (Fsp3) is 0.684. The molecule has 0 spiro atoms. The van der Waals surface area contributed by atoms with Crippen LogP contribution in [0.2, 0.25) is 0 Å². The van der Waals surface area contributed by atoms with Crippen LogP contribution < -0.4 is 9.64 Å². The van der Waals surface area contributed by atoms with Crippen molar-refractivity contribution in [2.45, 2.75) is 38.9 Å². The summed E-state index contributed by atoms with van der Waals surface area (Å²) in [5, 5.41) is 11.0. The molecule has 2 aliphatic heterocycles. The van der Waals surface area contributed by atoms with Gasteiger partial charge in [0.25, 0.3) is 0 Å². The summed E-state index contributed by atoms with van der Waals surface area (Å²) in [7, 11) is 1.36. The lowest BCUT2D eigenvalue weighted by Crippen LogP contribution is -2.48. The molecule has 0 amide bonds. The van der Waals surface area contributed by atoms with Crippen molar-refractivity contribution in [2.24, 2.45) is 5.92 Å². The highest BCUT2D eigenvalue weighted by Crippen LogP contribution is 2.35. The maximum atomic E-state index is 14.4. The first kappa shape index (κ1) is 19.8. The van der Waals surface area contributed by atoms with Crippen molar-refractivity contribution >= 4 is 11.4 Å². The first-order chi connectivity index (χ1) is 12.9. The van der Waals surface area contributed by atoms with Crippen LogP contribution in [-0.2, 0) is 4.74 Å². The molecule has 0 aliphatic carbocycles. The number of nitrogens with zero attached hydrogens (tertiary/aromatic N) is 3. The molecule has 3 rings (SSSR count). The Hall–Kier alpha value is -1.93. The van der Waals surface area contributed by atoms with Gasteiger partial charge >= 0.3 is 5.69 Å². The summed E-state index contributed by atoms with van der Waals surface area (Å²) >= 11 is 0. The van der Waals surface area contributed by atoms with E-state index in [1.165, 1.54) is 13.2 Å². The van der Waals surface area contributed by atoms with E-state index in [-0.39, 0.29) is 23.6 Å². The topological polar surface area (TPSA) is 68.1 Å². The highest BCUT2D eigenvalue weighted by atomic mass is 19.1. The second kappa shape index (κ2) is 8.39. The number of nitro groups is 1. The second-order valence-electron chi connectivity index (χ2n) is 7.64. The highest BCUT2D eigenvalue weighted by molar-refractivity contribution is 5.60. The second-order valence-corrected chi connectivity index (χ2v) is 7.64. The average Bonchev–Trinajstić information content (AvgIpc) is 2.61. The molecule has 8 heteroatoms. The zero-order valence-electron chi connectivity index (χ0n) is 16.2. The zero-order valence-corrected chi connectivity index (χ0v) is 16.2. The van der Waals surface area contributed by atoms with E-state index in [0.717, 1.165) is 51.6 Å². The van der Waals surface area contributed by atoms with Crippen LogP contribution in [0, 0.1) is 21.8 Å². The minimum atomic E-state index is -0.623. The molecule has 150 valence electrons. The Balaban J connectivity index is 1.61. The third-order valence-electron chi connectivity index (χ3n) is 5.41. The monoisotopic (exact) mass is 381 g/mol. The minimum Gasteiger partial charge on any atom is -0.490 e. The summed E-state index contributed by atoms with van der Waals surface area (Å²) < 4.78 is 25.3. The predicted octanol–water partition coefficient (Wildman–Crippen LogP) is 3.07. The summed E-state index contributed by atoms with van der Waals surface area (Å²) in [5.41, 5.74) is 0.0358. The Morgan fingerprint density at radius 2 is 1.89 bits per heavy atom. The Bertz CT molecular complexity index is 669. The van der Waals surface area contributed by atoms with Gasteiger partial charge in [-0.1, -0.05) is 0 Å². The smallest absolute Gasteiger partial charge is 0.313 e. The number of piperidine rings is 1. The molecule has 0 aromatic heterocycles. The largest absolute Gasteiger partial charge is 0.490 e.